The van der Waals surface area contributed by atoms with Gasteiger partial charge in [0.15, 0.2) is 0 Å². The molecule has 1 atom stereocenters. The average molecular weight is 240 g/mol. The van der Waals surface area contributed by atoms with Crippen molar-refractivity contribution in [1.29, 1.82) is 0 Å². The van der Waals surface area contributed by atoms with Crippen LogP contribution in [0.5, 0.6) is 5.75 Å². The van der Waals surface area contributed by atoms with Crippen LogP contribution in [0.4, 0.5) is 4.39 Å². The Bertz CT molecular complexity index is 379. The molecule has 0 aliphatic carbocycles. The highest BCUT2D eigenvalue weighted by molar-refractivity contribution is 5.78. The van der Waals surface area contributed by atoms with E-state index < -0.39 is 17.4 Å². The molecule has 0 heterocycles. The summed E-state index contributed by atoms with van der Waals surface area (Å²) in [5.74, 6) is -3.24. The van der Waals surface area contributed by atoms with Crippen LogP contribution >= 0.6 is 0 Å². The van der Waals surface area contributed by atoms with Crippen LogP contribution in [0.25, 0.3) is 0 Å². The number of ether oxygens (including phenoxy) is 2. The minimum Gasteiger partial charge on any atom is -0.455 e. The first-order valence-electron chi connectivity index (χ1n) is 5.37. The molecule has 0 fully saturated rings. The number of benzene rings is 1. The number of halogens is 1. The molecule has 1 aromatic rings. The maximum Gasteiger partial charge on any atom is 0.384 e. The lowest BCUT2D eigenvalue weighted by molar-refractivity contribution is -0.188. The molecule has 0 amide bonds. The second kappa shape index (κ2) is 4.73. The number of carbonyl (C=O) groups excluding carboxylic acids is 1. The van der Waals surface area contributed by atoms with E-state index in [1.165, 1.54) is 0 Å². The average Bonchev–Trinajstić information content (AvgIpc) is 2.15. The molecule has 17 heavy (non-hydrogen) atoms. The summed E-state index contributed by atoms with van der Waals surface area (Å²) in [4.78, 5) is 11.6. The first-order chi connectivity index (χ1) is 7.71. The summed E-state index contributed by atoms with van der Waals surface area (Å²) < 4.78 is 23.9. The van der Waals surface area contributed by atoms with Gasteiger partial charge < -0.3 is 9.47 Å². The third-order valence-electron chi connectivity index (χ3n) is 1.82. The molecular formula is C13H17FO3. The first kappa shape index (κ1) is 13.5. The van der Waals surface area contributed by atoms with Crippen LogP contribution in [0.1, 0.15) is 27.7 Å². The maximum absolute atomic E-state index is 14.0. The lowest BCUT2D eigenvalue weighted by atomic mass is 10.2. The number of para-hydroxylation sites is 1. The molecule has 4 heteroatoms. The Labute approximate surface area is 101 Å². The van der Waals surface area contributed by atoms with Gasteiger partial charge in [-0.05, 0) is 32.9 Å². The first-order valence-corrected chi connectivity index (χ1v) is 5.37. The minimum absolute atomic E-state index is 0.281. The molecular weight excluding hydrogens is 223 g/mol. The summed E-state index contributed by atoms with van der Waals surface area (Å²) in [6.07, 6.45) is 0. The second-order valence-electron chi connectivity index (χ2n) is 4.83. The summed E-state index contributed by atoms with van der Waals surface area (Å²) in [5, 5.41) is 0. The van der Waals surface area contributed by atoms with Gasteiger partial charge in [0, 0.05) is 6.92 Å². The fourth-order valence-corrected chi connectivity index (χ4v) is 1.12. The monoisotopic (exact) mass is 240 g/mol. The molecule has 0 bridgehead atoms. The number of alkyl halides is 1. The topological polar surface area (TPSA) is 35.5 Å². The Morgan fingerprint density at radius 1 is 1.12 bits per heavy atom. The Hall–Kier alpha value is -1.58. The predicted octanol–water partition coefficient (Wildman–Crippen LogP) is 3.09. The quantitative estimate of drug-likeness (QED) is 0.761. The van der Waals surface area contributed by atoms with Crippen molar-refractivity contribution in [2.24, 2.45) is 0 Å². The summed E-state index contributed by atoms with van der Waals surface area (Å²) in [6, 6.07) is 8.31. The zero-order valence-electron chi connectivity index (χ0n) is 10.5. The summed E-state index contributed by atoms with van der Waals surface area (Å²) in [6.45, 7) is 6.05. The molecule has 0 saturated heterocycles. The molecule has 0 saturated carbocycles. The zero-order chi connectivity index (χ0) is 13.1. The second-order valence-corrected chi connectivity index (χ2v) is 4.83. The van der Waals surface area contributed by atoms with Crippen LogP contribution in [-0.2, 0) is 9.53 Å². The third kappa shape index (κ3) is 4.43. The molecule has 0 radical (unpaired) electrons. The lowest BCUT2D eigenvalue weighted by Gasteiger charge is -2.26. The molecule has 0 spiro atoms. The molecule has 1 unspecified atom stereocenters. The van der Waals surface area contributed by atoms with Crippen molar-refractivity contribution in [3.8, 4) is 5.75 Å². The van der Waals surface area contributed by atoms with Crippen LogP contribution in [0, 0.1) is 0 Å². The minimum atomic E-state index is -2.49. The van der Waals surface area contributed by atoms with E-state index in [4.69, 9.17) is 9.47 Å². The van der Waals surface area contributed by atoms with Crippen molar-refractivity contribution in [1.82, 2.24) is 0 Å². The van der Waals surface area contributed by atoms with E-state index in [2.05, 4.69) is 0 Å². The van der Waals surface area contributed by atoms with Crippen molar-refractivity contribution in [2.45, 2.75) is 39.2 Å². The van der Waals surface area contributed by atoms with Gasteiger partial charge in [-0.15, -0.1) is 0 Å². The van der Waals surface area contributed by atoms with E-state index in [1.807, 2.05) is 0 Å². The molecule has 94 valence electrons. The summed E-state index contributed by atoms with van der Waals surface area (Å²) in [5.41, 5.74) is -0.746. The maximum atomic E-state index is 14.0. The SMILES string of the molecule is CC(C)(C)OC(=O)C(C)(F)Oc1ccccc1. The number of hydrogen-bond acceptors (Lipinski definition) is 3. The van der Waals surface area contributed by atoms with Crippen molar-refractivity contribution in [2.75, 3.05) is 0 Å². The summed E-state index contributed by atoms with van der Waals surface area (Å²) >= 11 is 0. The van der Waals surface area contributed by atoms with E-state index in [0.717, 1.165) is 6.92 Å². The van der Waals surface area contributed by atoms with Crippen LogP contribution in [0.3, 0.4) is 0 Å². The van der Waals surface area contributed by atoms with Gasteiger partial charge in [-0.1, -0.05) is 18.2 Å². The van der Waals surface area contributed by atoms with Crippen molar-refractivity contribution in [3.63, 3.8) is 0 Å². The zero-order valence-corrected chi connectivity index (χ0v) is 10.5. The van der Waals surface area contributed by atoms with Crippen LogP contribution in [0.2, 0.25) is 0 Å². The van der Waals surface area contributed by atoms with Crippen LogP contribution in [0.15, 0.2) is 30.3 Å². The van der Waals surface area contributed by atoms with E-state index in [0.29, 0.717) is 0 Å². The fraction of sp³-hybridized carbons (Fsp3) is 0.462. The number of hydrogen-bond donors (Lipinski definition) is 0. The summed E-state index contributed by atoms with van der Waals surface area (Å²) in [7, 11) is 0. The molecule has 0 aliphatic heterocycles. The van der Waals surface area contributed by atoms with Crippen molar-refractivity contribution < 1.29 is 18.7 Å². The van der Waals surface area contributed by atoms with Gasteiger partial charge in [0.2, 0.25) is 0 Å². The highest BCUT2D eigenvalue weighted by Gasteiger charge is 2.39. The van der Waals surface area contributed by atoms with Gasteiger partial charge in [0.1, 0.15) is 11.4 Å². The molecule has 0 aliphatic rings. The fourth-order valence-electron chi connectivity index (χ4n) is 1.12. The van der Waals surface area contributed by atoms with Crippen LogP contribution < -0.4 is 4.74 Å². The van der Waals surface area contributed by atoms with E-state index in [1.54, 1.807) is 51.1 Å². The largest absolute Gasteiger partial charge is 0.455 e. The van der Waals surface area contributed by atoms with E-state index in [-0.39, 0.29) is 5.75 Å². The number of carbonyl (C=O) groups is 1. The van der Waals surface area contributed by atoms with Gasteiger partial charge >= 0.3 is 11.8 Å². The van der Waals surface area contributed by atoms with Crippen molar-refractivity contribution in [3.05, 3.63) is 30.3 Å². The number of esters is 1. The molecule has 1 rings (SSSR count). The van der Waals surface area contributed by atoms with E-state index >= 15 is 0 Å². The van der Waals surface area contributed by atoms with Gasteiger partial charge in [-0.3, -0.25) is 0 Å². The van der Waals surface area contributed by atoms with E-state index in [9.17, 15) is 9.18 Å². The Morgan fingerprint density at radius 2 is 1.65 bits per heavy atom. The van der Waals surface area contributed by atoms with Gasteiger partial charge in [-0.25, -0.2) is 4.79 Å². The highest BCUT2D eigenvalue weighted by atomic mass is 19.2. The third-order valence-corrected chi connectivity index (χ3v) is 1.82. The van der Waals surface area contributed by atoms with Gasteiger partial charge in [0.05, 0.1) is 0 Å². The Balaban J connectivity index is 2.72. The molecule has 0 aromatic heterocycles. The molecule has 3 nitrogen and oxygen atoms in total. The smallest absolute Gasteiger partial charge is 0.384 e. The van der Waals surface area contributed by atoms with Gasteiger partial charge in [-0.2, -0.15) is 4.39 Å². The normalized spacial score (nSPS) is 14.9. The predicted molar refractivity (Wildman–Crippen MR) is 62.4 cm³/mol. The highest BCUT2D eigenvalue weighted by Crippen LogP contribution is 2.22. The molecule has 1 aromatic carbocycles. The van der Waals surface area contributed by atoms with Crippen molar-refractivity contribution >= 4 is 5.97 Å². The lowest BCUT2D eigenvalue weighted by Crippen LogP contribution is -2.42. The number of rotatable bonds is 3. The Morgan fingerprint density at radius 3 is 2.12 bits per heavy atom. The molecule has 0 N–H and O–H groups in total. The Kier molecular flexibility index (Phi) is 3.76. The van der Waals surface area contributed by atoms with Crippen LogP contribution in [-0.4, -0.2) is 17.4 Å². The standard InChI is InChI=1S/C13H17FO3/c1-12(2,3)17-11(15)13(4,14)16-10-8-6-5-7-9-10/h5-9H,1-4H3. The van der Waals surface area contributed by atoms with Gasteiger partial charge in [0.25, 0.3) is 0 Å².